The van der Waals surface area contributed by atoms with E-state index in [4.69, 9.17) is 0 Å². The summed E-state index contributed by atoms with van der Waals surface area (Å²) in [5.74, 6) is 2.57. The average molecular weight is 291 g/mol. The maximum atomic E-state index is 11.8. The Morgan fingerprint density at radius 1 is 1.05 bits per heavy atom. The van der Waals surface area contributed by atoms with E-state index in [9.17, 15) is 9.90 Å². The van der Waals surface area contributed by atoms with Gasteiger partial charge in [-0.25, -0.2) is 0 Å². The lowest BCUT2D eigenvalue weighted by Crippen LogP contribution is -2.51. The summed E-state index contributed by atoms with van der Waals surface area (Å²) in [6.45, 7) is 4.76. The van der Waals surface area contributed by atoms with Crippen molar-refractivity contribution in [2.75, 3.05) is 0 Å². The van der Waals surface area contributed by atoms with E-state index < -0.39 is 0 Å². The first-order chi connectivity index (χ1) is 9.95. The van der Waals surface area contributed by atoms with Crippen LogP contribution in [0.1, 0.15) is 65.2 Å². The molecule has 6 atom stereocenters. The minimum absolute atomic E-state index is 0.0823. The van der Waals surface area contributed by atoms with E-state index >= 15 is 0 Å². The quantitative estimate of drug-likeness (QED) is 0.688. The molecule has 0 unspecified atom stereocenters. The molecule has 0 aliphatic heterocycles. The molecule has 0 aromatic rings. The Labute approximate surface area is 128 Å². The van der Waals surface area contributed by atoms with Crippen molar-refractivity contribution in [1.29, 1.82) is 0 Å². The number of carbonyl (C=O) groups excluding carboxylic acids is 1. The lowest BCUT2D eigenvalue weighted by molar-refractivity contribution is -0.118. The Hall–Kier alpha value is -0.630. The van der Waals surface area contributed by atoms with Gasteiger partial charge in [0.25, 0.3) is 0 Å². The molecule has 0 heterocycles. The highest BCUT2D eigenvalue weighted by molar-refractivity contribution is 5.91. The SMILES string of the molecule is C[C@]12CC[C@H]3[C@@H](CCC4=[13CH][13C](=O)[13CH2]C[C@@]43C)[C@@H]1CC[C@@H]2O. The van der Waals surface area contributed by atoms with Crippen molar-refractivity contribution >= 4 is 5.78 Å². The highest BCUT2D eigenvalue weighted by Gasteiger charge is 2.58. The summed E-state index contributed by atoms with van der Waals surface area (Å²) in [6.07, 6.45) is 10.7. The molecule has 3 fully saturated rings. The lowest BCUT2D eigenvalue weighted by atomic mass is 9.49. The molecule has 21 heavy (non-hydrogen) atoms. The zero-order chi connectivity index (χ0) is 14.8. The fraction of sp³-hybridized carbons (Fsp3) is 0.842. The smallest absolute Gasteiger partial charge is 0.155 e. The van der Waals surface area contributed by atoms with Crippen LogP contribution in [0, 0.1) is 28.6 Å². The number of ketones is 1. The van der Waals surface area contributed by atoms with Crippen molar-refractivity contribution in [2.45, 2.75) is 71.3 Å². The third-order valence-electron chi connectivity index (χ3n) is 7.91. The van der Waals surface area contributed by atoms with Crippen LogP contribution in [-0.4, -0.2) is 17.0 Å². The van der Waals surface area contributed by atoms with Crippen molar-refractivity contribution in [1.82, 2.24) is 0 Å². The molecule has 0 aromatic heterocycles. The maximum absolute atomic E-state index is 11.8. The molecule has 1 N–H and O–H groups in total. The molecule has 4 aliphatic rings. The minimum atomic E-state index is -0.0823. The molecule has 2 nitrogen and oxygen atoms in total. The van der Waals surface area contributed by atoms with Gasteiger partial charge in [-0.3, -0.25) is 4.79 Å². The van der Waals surface area contributed by atoms with E-state index in [-0.39, 0.29) is 16.9 Å². The number of fused-ring (bicyclic) bond motifs is 5. The molecule has 3 saturated carbocycles. The van der Waals surface area contributed by atoms with Gasteiger partial charge in [0.2, 0.25) is 0 Å². The highest BCUT2D eigenvalue weighted by atomic mass is 16.3. The molecular weight excluding hydrogens is 263 g/mol. The Balaban J connectivity index is 1.69. The predicted octanol–water partition coefficient (Wildman–Crippen LogP) is 3.88. The van der Waals surface area contributed by atoms with Gasteiger partial charge in [0.15, 0.2) is 5.78 Å². The van der Waals surface area contributed by atoms with Crippen LogP contribution >= 0.6 is 0 Å². The number of rotatable bonds is 0. The molecule has 2 heteroatoms. The molecular formula is C19H28O2. The first-order valence-electron chi connectivity index (χ1n) is 8.87. The first kappa shape index (κ1) is 14.0. The second kappa shape index (κ2) is 4.44. The molecule has 0 bridgehead atoms. The van der Waals surface area contributed by atoms with Gasteiger partial charge in [-0.15, -0.1) is 0 Å². The molecule has 0 spiro atoms. The summed E-state index contributed by atoms with van der Waals surface area (Å²) < 4.78 is 0. The van der Waals surface area contributed by atoms with Gasteiger partial charge in [0, 0.05) is 6.42 Å². The second-order valence-electron chi connectivity index (χ2n) is 8.61. The summed E-state index contributed by atoms with van der Waals surface area (Å²) >= 11 is 0. The van der Waals surface area contributed by atoms with Crippen molar-refractivity contribution in [3.63, 3.8) is 0 Å². The van der Waals surface area contributed by atoms with Crippen LogP contribution in [0.15, 0.2) is 11.6 Å². The van der Waals surface area contributed by atoms with E-state index in [1.165, 1.54) is 31.3 Å². The van der Waals surface area contributed by atoms with Crippen LogP contribution in [-0.2, 0) is 4.79 Å². The van der Waals surface area contributed by atoms with Gasteiger partial charge in [-0.1, -0.05) is 19.4 Å². The Bertz CT molecular complexity index is 508. The molecule has 4 aliphatic carbocycles. The van der Waals surface area contributed by atoms with Crippen LogP contribution in [0.5, 0.6) is 0 Å². The zero-order valence-corrected chi connectivity index (χ0v) is 13.4. The molecule has 0 saturated heterocycles. The topological polar surface area (TPSA) is 37.3 Å². The van der Waals surface area contributed by atoms with E-state index in [1.807, 2.05) is 6.08 Å². The molecule has 0 radical (unpaired) electrons. The summed E-state index contributed by atoms with van der Waals surface area (Å²) in [6, 6.07) is 0. The van der Waals surface area contributed by atoms with Crippen molar-refractivity contribution < 1.29 is 9.90 Å². The monoisotopic (exact) mass is 291 g/mol. The average Bonchev–Trinajstić information content (AvgIpc) is 2.76. The van der Waals surface area contributed by atoms with Crippen LogP contribution in [0.2, 0.25) is 0 Å². The van der Waals surface area contributed by atoms with E-state index in [1.54, 1.807) is 0 Å². The minimum Gasteiger partial charge on any atom is -0.393 e. The zero-order valence-electron chi connectivity index (χ0n) is 13.4. The van der Waals surface area contributed by atoms with Gasteiger partial charge in [0.1, 0.15) is 0 Å². The van der Waals surface area contributed by atoms with Gasteiger partial charge in [-0.2, -0.15) is 0 Å². The number of aliphatic hydroxyl groups is 1. The molecule has 4 rings (SSSR count). The number of hydrogen-bond donors (Lipinski definition) is 1. The van der Waals surface area contributed by atoms with Crippen LogP contribution in [0.25, 0.3) is 0 Å². The van der Waals surface area contributed by atoms with Gasteiger partial charge in [-0.05, 0) is 79.6 Å². The number of aliphatic hydroxyl groups excluding tert-OH is 1. The van der Waals surface area contributed by atoms with E-state index in [0.29, 0.717) is 11.7 Å². The van der Waals surface area contributed by atoms with E-state index in [0.717, 1.165) is 37.5 Å². The molecule has 116 valence electrons. The fourth-order valence-electron chi connectivity index (χ4n) is 6.53. The standard InChI is InChI=1S/C19H28O2/c1-18-9-7-13(20)11-12(18)3-4-14-15-5-6-17(21)19(15,2)10-8-16(14)18/h11,14-17,21H,3-10H2,1-2H3/t14-,15-,16-,17-,18-,19-/m0/s1/i7+1,11+1,13+1. The number of hydrogen-bond acceptors (Lipinski definition) is 2. The molecule has 0 amide bonds. The third kappa shape index (κ3) is 1.78. The lowest BCUT2D eigenvalue weighted by Gasteiger charge is -2.57. The Kier molecular flexibility index (Phi) is 2.96. The van der Waals surface area contributed by atoms with Crippen LogP contribution < -0.4 is 0 Å². The van der Waals surface area contributed by atoms with E-state index in [2.05, 4.69) is 13.8 Å². The van der Waals surface area contributed by atoms with Gasteiger partial charge in [0.05, 0.1) is 6.10 Å². The van der Waals surface area contributed by atoms with Crippen LogP contribution in [0.4, 0.5) is 0 Å². The summed E-state index contributed by atoms with van der Waals surface area (Å²) in [4.78, 5) is 11.8. The van der Waals surface area contributed by atoms with Crippen molar-refractivity contribution in [2.24, 2.45) is 28.6 Å². The summed E-state index contributed by atoms with van der Waals surface area (Å²) in [5.41, 5.74) is 1.89. The summed E-state index contributed by atoms with van der Waals surface area (Å²) in [7, 11) is 0. The first-order valence-corrected chi connectivity index (χ1v) is 8.87. The number of carbonyl (C=O) groups is 1. The summed E-state index contributed by atoms with van der Waals surface area (Å²) in [5, 5.41) is 10.4. The van der Waals surface area contributed by atoms with Crippen molar-refractivity contribution in [3.05, 3.63) is 11.6 Å². The second-order valence-corrected chi connectivity index (χ2v) is 8.61. The number of allylic oxidation sites excluding steroid dienone is 1. The Morgan fingerprint density at radius 3 is 2.67 bits per heavy atom. The largest absolute Gasteiger partial charge is 0.393 e. The fourth-order valence-corrected chi connectivity index (χ4v) is 6.53. The molecule has 0 aromatic carbocycles. The van der Waals surface area contributed by atoms with Crippen LogP contribution in [0.3, 0.4) is 0 Å². The Morgan fingerprint density at radius 2 is 1.86 bits per heavy atom. The van der Waals surface area contributed by atoms with Gasteiger partial charge < -0.3 is 5.11 Å². The predicted molar refractivity (Wildman–Crippen MR) is 82.7 cm³/mol. The third-order valence-corrected chi connectivity index (χ3v) is 7.91. The highest BCUT2D eigenvalue weighted by Crippen LogP contribution is 2.65. The van der Waals surface area contributed by atoms with Gasteiger partial charge >= 0.3 is 0 Å². The van der Waals surface area contributed by atoms with Crippen molar-refractivity contribution in [3.8, 4) is 0 Å². The normalized spacial score (nSPS) is 52.7. The maximum Gasteiger partial charge on any atom is 0.155 e.